The molecule has 22 heavy (non-hydrogen) atoms. The fraction of sp³-hybridized carbons (Fsp3) is 0.118. The summed E-state index contributed by atoms with van der Waals surface area (Å²) in [7, 11) is 1.93. The minimum absolute atomic E-state index is 0.243. The lowest BCUT2D eigenvalue weighted by Crippen LogP contribution is -1.90. The first-order valence-corrected chi connectivity index (χ1v) is 8.43. The molecule has 0 spiro atoms. The Kier molecular flexibility index (Phi) is 4.18. The number of rotatable bonds is 3. The van der Waals surface area contributed by atoms with E-state index in [9.17, 15) is 5.11 Å². The van der Waals surface area contributed by atoms with Crippen LogP contribution < -0.4 is 5.32 Å². The Hall–Kier alpha value is -1.85. The van der Waals surface area contributed by atoms with E-state index in [-0.39, 0.29) is 5.75 Å². The number of hydrogen-bond acceptors (Lipinski definition) is 4. The van der Waals surface area contributed by atoms with Crippen LogP contribution in [0.4, 0.5) is 5.69 Å². The van der Waals surface area contributed by atoms with E-state index in [4.69, 9.17) is 0 Å². The molecule has 0 fully saturated rings. The highest BCUT2D eigenvalue weighted by Gasteiger charge is 2.05. The van der Waals surface area contributed by atoms with E-state index in [1.54, 1.807) is 17.4 Å². The standard InChI is InChI=1S/C17H15BrN2OS/c1-10-7-14-16(9-13(10)19-2)22-17(20-14)6-4-11-3-5-15(21)12(18)8-11/h3-9,19,21H,1-2H3. The molecule has 0 aliphatic carbocycles. The van der Waals surface area contributed by atoms with Gasteiger partial charge in [0.2, 0.25) is 0 Å². The molecule has 3 nitrogen and oxygen atoms in total. The summed E-state index contributed by atoms with van der Waals surface area (Å²) in [5, 5.41) is 13.7. The van der Waals surface area contributed by atoms with Crippen LogP contribution in [0.5, 0.6) is 5.75 Å². The quantitative estimate of drug-likeness (QED) is 0.654. The lowest BCUT2D eigenvalue weighted by atomic mass is 10.2. The number of phenolic OH excluding ortho intramolecular Hbond substituents is 1. The van der Waals surface area contributed by atoms with Crippen LogP contribution in [0.15, 0.2) is 34.8 Å². The number of fused-ring (bicyclic) bond motifs is 1. The Morgan fingerprint density at radius 1 is 1.23 bits per heavy atom. The number of aromatic nitrogens is 1. The van der Waals surface area contributed by atoms with Crippen molar-refractivity contribution in [1.29, 1.82) is 0 Å². The first-order chi connectivity index (χ1) is 10.6. The zero-order valence-electron chi connectivity index (χ0n) is 12.2. The second-order valence-corrected chi connectivity index (χ2v) is 6.90. The van der Waals surface area contributed by atoms with E-state index < -0.39 is 0 Å². The summed E-state index contributed by atoms with van der Waals surface area (Å²) in [5.74, 6) is 0.243. The first-order valence-electron chi connectivity index (χ1n) is 6.82. The molecule has 1 heterocycles. The molecule has 0 saturated carbocycles. The fourth-order valence-corrected chi connectivity index (χ4v) is 3.52. The lowest BCUT2D eigenvalue weighted by molar-refractivity contribution is 0.472. The van der Waals surface area contributed by atoms with Crippen LogP contribution in [-0.2, 0) is 0 Å². The Morgan fingerprint density at radius 2 is 2.05 bits per heavy atom. The van der Waals surface area contributed by atoms with Crippen molar-refractivity contribution in [2.24, 2.45) is 0 Å². The smallest absolute Gasteiger partial charge is 0.129 e. The largest absolute Gasteiger partial charge is 0.507 e. The number of nitrogens with zero attached hydrogens (tertiary/aromatic N) is 1. The number of thiazole rings is 1. The summed E-state index contributed by atoms with van der Waals surface area (Å²) < 4.78 is 1.86. The van der Waals surface area contributed by atoms with Crippen molar-refractivity contribution in [3.63, 3.8) is 0 Å². The van der Waals surface area contributed by atoms with Crippen molar-refractivity contribution in [2.45, 2.75) is 6.92 Å². The van der Waals surface area contributed by atoms with Gasteiger partial charge in [0, 0.05) is 12.7 Å². The fourth-order valence-electron chi connectivity index (χ4n) is 2.23. The van der Waals surface area contributed by atoms with E-state index in [1.165, 1.54) is 10.3 Å². The molecular formula is C17H15BrN2OS. The Morgan fingerprint density at radius 3 is 2.77 bits per heavy atom. The topological polar surface area (TPSA) is 45.1 Å². The molecule has 3 aromatic rings. The number of hydrogen-bond donors (Lipinski definition) is 2. The molecule has 3 rings (SSSR count). The Bertz CT molecular complexity index is 870. The predicted molar refractivity (Wildman–Crippen MR) is 98.6 cm³/mol. The summed E-state index contributed by atoms with van der Waals surface area (Å²) in [5.41, 5.74) is 4.36. The highest BCUT2D eigenvalue weighted by molar-refractivity contribution is 9.10. The molecule has 0 amide bonds. The monoisotopic (exact) mass is 374 g/mol. The summed E-state index contributed by atoms with van der Waals surface area (Å²) >= 11 is 4.98. The first kappa shape index (κ1) is 15.1. The molecule has 0 aliphatic heterocycles. The van der Waals surface area contributed by atoms with Crippen molar-refractivity contribution < 1.29 is 5.11 Å². The van der Waals surface area contributed by atoms with E-state index >= 15 is 0 Å². The molecule has 1 aromatic heterocycles. The van der Waals surface area contributed by atoms with Crippen LogP contribution in [0.2, 0.25) is 0 Å². The molecular weight excluding hydrogens is 360 g/mol. The molecule has 0 atom stereocenters. The number of benzene rings is 2. The summed E-state index contributed by atoms with van der Waals surface area (Å²) in [4.78, 5) is 4.65. The lowest BCUT2D eigenvalue weighted by Gasteiger charge is -2.03. The zero-order chi connectivity index (χ0) is 15.7. The summed E-state index contributed by atoms with van der Waals surface area (Å²) in [6, 6.07) is 9.66. The highest BCUT2D eigenvalue weighted by Crippen LogP contribution is 2.29. The third kappa shape index (κ3) is 3.00. The summed E-state index contributed by atoms with van der Waals surface area (Å²) in [6.45, 7) is 2.08. The number of anilines is 1. The van der Waals surface area contributed by atoms with Gasteiger partial charge in [-0.05, 0) is 64.3 Å². The predicted octanol–water partition coefficient (Wildman–Crippen LogP) is 5.28. The third-order valence-corrected chi connectivity index (χ3v) is 5.03. The van der Waals surface area contributed by atoms with Crippen LogP contribution in [0.1, 0.15) is 16.1 Å². The third-order valence-electron chi connectivity index (χ3n) is 3.41. The van der Waals surface area contributed by atoms with Crippen LogP contribution >= 0.6 is 27.3 Å². The van der Waals surface area contributed by atoms with Gasteiger partial charge in [-0.25, -0.2) is 4.98 Å². The van der Waals surface area contributed by atoms with Gasteiger partial charge in [0.05, 0.1) is 14.7 Å². The van der Waals surface area contributed by atoms with E-state index in [1.807, 2.05) is 31.3 Å². The van der Waals surface area contributed by atoms with Crippen molar-refractivity contribution >= 4 is 55.3 Å². The van der Waals surface area contributed by atoms with Crippen molar-refractivity contribution in [3.8, 4) is 5.75 Å². The highest BCUT2D eigenvalue weighted by atomic mass is 79.9. The maximum atomic E-state index is 9.51. The van der Waals surface area contributed by atoms with Crippen LogP contribution in [0.25, 0.3) is 22.4 Å². The number of aryl methyl sites for hydroxylation is 1. The molecule has 0 aliphatic rings. The van der Waals surface area contributed by atoms with Gasteiger partial charge < -0.3 is 10.4 Å². The van der Waals surface area contributed by atoms with Crippen molar-refractivity contribution in [2.75, 3.05) is 12.4 Å². The summed E-state index contributed by atoms with van der Waals surface area (Å²) in [6.07, 6.45) is 3.99. The van der Waals surface area contributed by atoms with Gasteiger partial charge in [0.1, 0.15) is 10.8 Å². The minimum Gasteiger partial charge on any atom is -0.507 e. The zero-order valence-corrected chi connectivity index (χ0v) is 14.6. The molecule has 112 valence electrons. The molecule has 0 bridgehead atoms. The molecule has 0 saturated heterocycles. The van der Waals surface area contributed by atoms with Gasteiger partial charge >= 0.3 is 0 Å². The van der Waals surface area contributed by atoms with E-state index in [2.05, 4.69) is 45.3 Å². The maximum Gasteiger partial charge on any atom is 0.129 e. The molecule has 0 unspecified atom stereocenters. The maximum absolute atomic E-state index is 9.51. The van der Waals surface area contributed by atoms with Crippen LogP contribution in [0, 0.1) is 6.92 Å². The molecule has 2 aromatic carbocycles. The Labute approximate surface area is 141 Å². The average molecular weight is 375 g/mol. The number of nitrogens with one attached hydrogen (secondary N) is 1. The normalized spacial score (nSPS) is 11.4. The number of phenols is 1. The molecule has 0 radical (unpaired) electrons. The molecule has 5 heteroatoms. The SMILES string of the molecule is CNc1cc2sc(C=Cc3ccc(O)c(Br)c3)nc2cc1C. The number of halogens is 1. The second-order valence-electron chi connectivity index (χ2n) is 4.98. The van der Waals surface area contributed by atoms with Crippen LogP contribution in [0.3, 0.4) is 0 Å². The Balaban J connectivity index is 1.93. The van der Waals surface area contributed by atoms with Gasteiger partial charge in [0.15, 0.2) is 0 Å². The van der Waals surface area contributed by atoms with E-state index in [0.717, 1.165) is 21.8 Å². The second kappa shape index (κ2) is 6.10. The van der Waals surface area contributed by atoms with Crippen molar-refractivity contribution in [1.82, 2.24) is 4.98 Å². The minimum atomic E-state index is 0.243. The van der Waals surface area contributed by atoms with Gasteiger partial charge in [-0.3, -0.25) is 0 Å². The van der Waals surface area contributed by atoms with Gasteiger partial charge in [-0.1, -0.05) is 12.1 Å². The average Bonchev–Trinajstić information content (AvgIpc) is 2.89. The van der Waals surface area contributed by atoms with Gasteiger partial charge in [-0.2, -0.15) is 0 Å². The number of aromatic hydroxyl groups is 1. The molecule has 2 N–H and O–H groups in total. The van der Waals surface area contributed by atoms with Gasteiger partial charge in [-0.15, -0.1) is 11.3 Å². The van der Waals surface area contributed by atoms with Crippen LogP contribution in [-0.4, -0.2) is 17.1 Å². The van der Waals surface area contributed by atoms with Gasteiger partial charge in [0.25, 0.3) is 0 Å². The van der Waals surface area contributed by atoms with E-state index in [0.29, 0.717) is 4.47 Å². The van der Waals surface area contributed by atoms with Crippen molar-refractivity contribution in [3.05, 3.63) is 50.9 Å².